The Labute approximate surface area is 111 Å². The van der Waals surface area contributed by atoms with Gasteiger partial charge >= 0.3 is 0 Å². The summed E-state index contributed by atoms with van der Waals surface area (Å²) in [5, 5.41) is 2.47. The lowest BCUT2D eigenvalue weighted by molar-refractivity contribution is -0.120. The number of carbonyl (C=O) groups excluding carboxylic acids is 1. The molecule has 1 aromatic rings. The van der Waals surface area contributed by atoms with E-state index in [9.17, 15) is 17.6 Å². The first-order chi connectivity index (χ1) is 8.87. The van der Waals surface area contributed by atoms with Gasteiger partial charge in [-0.2, -0.15) is 4.31 Å². The number of halogens is 1. The van der Waals surface area contributed by atoms with Crippen LogP contribution in [0.5, 0.6) is 0 Å². The molecule has 1 aromatic carbocycles. The highest BCUT2D eigenvalue weighted by molar-refractivity contribution is 7.89. The summed E-state index contributed by atoms with van der Waals surface area (Å²) >= 11 is 0. The molecule has 0 atom stereocenters. The highest BCUT2D eigenvalue weighted by Gasteiger charge is 2.22. The Bertz CT molecular complexity index is 555. The van der Waals surface area contributed by atoms with Gasteiger partial charge in [-0.1, -0.05) is 6.08 Å². The number of nitrogens with zero attached hydrogens (tertiary/aromatic N) is 1. The molecule has 0 bridgehead atoms. The topological polar surface area (TPSA) is 66.5 Å². The third-order valence-corrected chi connectivity index (χ3v) is 4.15. The van der Waals surface area contributed by atoms with Gasteiger partial charge in [-0.05, 0) is 24.3 Å². The van der Waals surface area contributed by atoms with Gasteiger partial charge < -0.3 is 5.32 Å². The van der Waals surface area contributed by atoms with Crippen LogP contribution in [-0.2, 0) is 14.8 Å². The van der Waals surface area contributed by atoms with E-state index in [1.54, 1.807) is 0 Å². The zero-order chi connectivity index (χ0) is 14.5. The van der Waals surface area contributed by atoms with Crippen LogP contribution in [0.2, 0.25) is 0 Å². The van der Waals surface area contributed by atoms with E-state index < -0.39 is 21.7 Å². The van der Waals surface area contributed by atoms with Gasteiger partial charge in [0.15, 0.2) is 0 Å². The summed E-state index contributed by atoms with van der Waals surface area (Å²) in [5.74, 6) is -0.960. The van der Waals surface area contributed by atoms with Crippen molar-refractivity contribution in [1.29, 1.82) is 0 Å². The second-order valence-corrected chi connectivity index (χ2v) is 5.85. The number of hydrogen-bond acceptors (Lipinski definition) is 3. The van der Waals surface area contributed by atoms with Gasteiger partial charge in [0.25, 0.3) is 0 Å². The van der Waals surface area contributed by atoms with E-state index in [4.69, 9.17) is 0 Å². The fourth-order valence-corrected chi connectivity index (χ4v) is 2.44. The molecule has 0 aromatic heterocycles. The minimum absolute atomic E-state index is 0.0621. The number of carbonyl (C=O) groups is 1. The maximum absolute atomic E-state index is 12.7. The molecule has 0 radical (unpaired) electrons. The van der Waals surface area contributed by atoms with Crippen molar-refractivity contribution in [3.05, 3.63) is 42.7 Å². The number of amides is 1. The van der Waals surface area contributed by atoms with Crippen LogP contribution in [0.25, 0.3) is 0 Å². The highest BCUT2D eigenvalue weighted by atomic mass is 32.2. The number of nitrogens with one attached hydrogen (secondary N) is 1. The third-order valence-electron chi connectivity index (χ3n) is 2.33. The van der Waals surface area contributed by atoms with Crippen molar-refractivity contribution in [1.82, 2.24) is 9.62 Å². The first-order valence-electron chi connectivity index (χ1n) is 5.47. The molecular formula is C12H15FN2O3S. The minimum atomic E-state index is -3.80. The zero-order valence-electron chi connectivity index (χ0n) is 10.5. The molecule has 1 rings (SSSR count). The van der Waals surface area contributed by atoms with Crippen LogP contribution in [0, 0.1) is 5.82 Å². The zero-order valence-corrected chi connectivity index (χ0v) is 11.3. The Hall–Kier alpha value is -1.73. The number of rotatable bonds is 6. The van der Waals surface area contributed by atoms with Crippen molar-refractivity contribution in [3.63, 3.8) is 0 Å². The Balaban J connectivity index is 2.79. The molecular weight excluding hydrogens is 271 g/mol. The molecule has 0 spiro atoms. The van der Waals surface area contributed by atoms with Gasteiger partial charge in [-0.25, -0.2) is 12.8 Å². The predicted molar refractivity (Wildman–Crippen MR) is 69.4 cm³/mol. The van der Waals surface area contributed by atoms with Gasteiger partial charge in [0.05, 0.1) is 11.4 Å². The van der Waals surface area contributed by atoms with Crippen molar-refractivity contribution in [2.75, 3.05) is 20.1 Å². The summed E-state index contributed by atoms with van der Waals surface area (Å²) in [6.07, 6.45) is 1.49. The Kier molecular flexibility index (Phi) is 5.20. The van der Waals surface area contributed by atoms with Crippen molar-refractivity contribution < 1.29 is 17.6 Å². The molecule has 0 aliphatic heterocycles. The van der Waals surface area contributed by atoms with E-state index >= 15 is 0 Å². The fourth-order valence-electron chi connectivity index (χ4n) is 1.32. The average Bonchev–Trinajstić information content (AvgIpc) is 2.36. The molecule has 0 aliphatic rings. The predicted octanol–water partition coefficient (Wildman–Crippen LogP) is 0.748. The first-order valence-corrected chi connectivity index (χ1v) is 6.91. The monoisotopic (exact) mass is 286 g/mol. The molecule has 1 amide bonds. The van der Waals surface area contributed by atoms with Gasteiger partial charge in [0.2, 0.25) is 15.9 Å². The second kappa shape index (κ2) is 6.44. The molecule has 0 fully saturated rings. The lowest BCUT2D eigenvalue weighted by Gasteiger charge is -2.16. The number of likely N-dealkylation sites (N-methyl/N-ethyl adjacent to an activating group) is 1. The fraction of sp³-hybridized carbons (Fsp3) is 0.250. The molecule has 0 heterocycles. The summed E-state index contributed by atoms with van der Waals surface area (Å²) in [6.45, 7) is 3.39. The van der Waals surface area contributed by atoms with Crippen molar-refractivity contribution >= 4 is 15.9 Å². The van der Waals surface area contributed by atoms with Crippen LogP contribution in [-0.4, -0.2) is 38.8 Å². The van der Waals surface area contributed by atoms with Crippen LogP contribution in [0.3, 0.4) is 0 Å². The molecule has 5 nitrogen and oxygen atoms in total. The smallest absolute Gasteiger partial charge is 0.243 e. The Morgan fingerprint density at radius 1 is 1.42 bits per heavy atom. The highest BCUT2D eigenvalue weighted by Crippen LogP contribution is 2.14. The number of sulfonamides is 1. The van der Waals surface area contributed by atoms with Gasteiger partial charge in [-0.15, -0.1) is 6.58 Å². The van der Waals surface area contributed by atoms with Crippen LogP contribution in [0.15, 0.2) is 41.8 Å². The van der Waals surface area contributed by atoms with Gasteiger partial charge in [0, 0.05) is 13.6 Å². The maximum atomic E-state index is 12.7. The SMILES string of the molecule is C=CCNC(=O)CN(C)S(=O)(=O)c1ccc(F)cc1. The van der Waals surface area contributed by atoms with Gasteiger partial charge in [-0.3, -0.25) is 4.79 Å². The Morgan fingerprint density at radius 3 is 2.53 bits per heavy atom. The van der Waals surface area contributed by atoms with Crippen molar-refractivity contribution in [3.8, 4) is 0 Å². The summed E-state index contributed by atoms with van der Waals surface area (Å²) in [5.41, 5.74) is 0. The molecule has 0 saturated carbocycles. The standard InChI is InChI=1S/C12H15FN2O3S/c1-3-8-14-12(16)9-15(2)19(17,18)11-6-4-10(13)5-7-11/h3-7H,1,8-9H2,2H3,(H,14,16). The maximum Gasteiger partial charge on any atom is 0.243 e. The Morgan fingerprint density at radius 2 is 2.00 bits per heavy atom. The van der Waals surface area contributed by atoms with E-state index in [1.165, 1.54) is 13.1 Å². The number of benzene rings is 1. The van der Waals surface area contributed by atoms with Crippen LogP contribution < -0.4 is 5.32 Å². The van der Waals surface area contributed by atoms with Crippen LogP contribution in [0.1, 0.15) is 0 Å². The molecule has 104 valence electrons. The molecule has 1 N–H and O–H groups in total. The lowest BCUT2D eigenvalue weighted by atomic mass is 10.4. The lowest BCUT2D eigenvalue weighted by Crippen LogP contribution is -2.38. The quantitative estimate of drug-likeness (QED) is 0.785. The number of hydrogen-bond donors (Lipinski definition) is 1. The van der Waals surface area contributed by atoms with E-state index in [-0.39, 0.29) is 18.0 Å². The van der Waals surface area contributed by atoms with Gasteiger partial charge in [0.1, 0.15) is 5.82 Å². The first kappa shape index (κ1) is 15.3. The molecule has 0 unspecified atom stereocenters. The largest absolute Gasteiger partial charge is 0.351 e. The summed E-state index contributed by atoms with van der Waals surface area (Å²) in [4.78, 5) is 11.4. The molecule has 7 heteroatoms. The third kappa shape index (κ3) is 4.15. The van der Waals surface area contributed by atoms with E-state index in [2.05, 4.69) is 11.9 Å². The molecule has 0 aliphatic carbocycles. The van der Waals surface area contributed by atoms with Crippen LogP contribution >= 0.6 is 0 Å². The molecule has 19 heavy (non-hydrogen) atoms. The summed E-state index contributed by atoms with van der Waals surface area (Å²) in [6, 6.07) is 4.42. The normalized spacial score (nSPS) is 11.3. The molecule has 0 saturated heterocycles. The summed E-state index contributed by atoms with van der Waals surface area (Å²) < 4.78 is 37.8. The summed E-state index contributed by atoms with van der Waals surface area (Å²) in [7, 11) is -2.51. The van der Waals surface area contributed by atoms with Crippen molar-refractivity contribution in [2.24, 2.45) is 0 Å². The van der Waals surface area contributed by atoms with Crippen LogP contribution in [0.4, 0.5) is 4.39 Å². The van der Waals surface area contributed by atoms with E-state index in [0.29, 0.717) is 0 Å². The second-order valence-electron chi connectivity index (χ2n) is 3.81. The van der Waals surface area contributed by atoms with E-state index in [0.717, 1.165) is 28.6 Å². The van der Waals surface area contributed by atoms with E-state index in [1.807, 2.05) is 0 Å². The average molecular weight is 286 g/mol. The van der Waals surface area contributed by atoms with Crippen molar-refractivity contribution in [2.45, 2.75) is 4.90 Å². The minimum Gasteiger partial charge on any atom is -0.351 e.